The van der Waals surface area contributed by atoms with Crippen LogP contribution < -0.4 is 10.5 Å². The Kier molecular flexibility index (Phi) is 9.02. The van der Waals surface area contributed by atoms with E-state index in [2.05, 4.69) is 0 Å². The first-order valence-electron chi connectivity index (χ1n) is 14.1. The van der Waals surface area contributed by atoms with Crippen LogP contribution in [-0.2, 0) is 27.3 Å². The van der Waals surface area contributed by atoms with Crippen LogP contribution in [0.15, 0.2) is 91.0 Å². The second-order valence-corrected chi connectivity index (χ2v) is 10.5. The number of fused-ring (bicyclic) bond motifs is 1. The van der Waals surface area contributed by atoms with Crippen molar-refractivity contribution < 1.29 is 23.8 Å². The first-order valence-corrected chi connectivity index (χ1v) is 14.1. The SMILES string of the molecule is COC(=O)C(Cc1ccc2ccc(C(=N)N)cc2c1)c1ccc(OC2CCN(C(=O)OCc3ccccc3)CC2)cc1. The molecular formula is C34H35N3O5. The number of amides is 1. The minimum atomic E-state index is -0.484. The molecule has 1 heterocycles. The average Bonchev–Trinajstić information content (AvgIpc) is 3.03. The predicted octanol–water partition coefficient (Wildman–Crippen LogP) is 5.80. The van der Waals surface area contributed by atoms with Gasteiger partial charge in [-0.05, 0) is 52.1 Å². The van der Waals surface area contributed by atoms with Crippen LogP contribution in [0.2, 0.25) is 0 Å². The Morgan fingerprint density at radius 3 is 2.31 bits per heavy atom. The van der Waals surface area contributed by atoms with Gasteiger partial charge in [0.1, 0.15) is 24.3 Å². The molecule has 42 heavy (non-hydrogen) atoms. The lowest BCUT2D eigenvalue weighted by molar-refractivity contribution is -0.142. The summed E-state index contributed by atoms with van der Waals surface area (Å²) in [6, 6.07) is 28.9. The fraction of sp³-hybridized carbons (Fsp3) is 0.265. The van der Waals surface area contributed by atoms with Crippen molar-refractivity contribution in [2.45, 2.75) is 37.9 Å². The maximum atomic E-state index is 12.8. The van der Waals surface area contributed by atoms with Gasteiger partial charge in [0.2, 0.25) is 0 Å². The molecule has 0 aliphatic carbocycles. The molecule has 216 valence electrons. The van der Waals surface area contributed by atoms with Crippen LogP contribution in [-0.4, -0.2) is 49.1 Å². The number of nitrogens with one attached hydrogen (secondary N) is 1. The van der Waals surface area contributed by atoms with Gasteiger partial charge < -0.3 is 24.8 Å². The third kappa shape index (κ3) is 7.07. The van der Waals surface area contributed by atoms with Gasteiger partial charge in [-0.1, -0.05) is 72.8 Å². The van der Waals surface area contributed by atoms with Crippen molar-refractivity contribution in [2.24, 2.45) is 5.73 Å². The molecule has 1 atom stereocenters. The summed E-state index contributed by atoms with van der Waals surface area (Å²) < 4.78 is 16.8. The molecule has 0 saturated carbocycles. The zero-order valence-electron chi connectivity index (χ0n) is 23.6. The van der Waals surface area contributed by atoms with E-state index < -0.39 is 5.92 Å². The van der Waals surface area contributed by atoms with Crippen molar-refractivity contribution in [3.8, 4) is 5.75 Å². The maximum absolute atomic E-state index is 12.8. The predicted molar refractivity (Wildman–Crippen MR) is 162 cm³/mol. The molecule has 1 unspecified atom stereocenters. The molecule has 1 fully saturated rings. The van der Waals surface area contributed by atoms with Gasteiger partial charge in [-0.25, -0.2) is 4.79 Å². The lowest BCUT2D eigenvalue weighted by Crippen LogP contribution is -2.42. The van der Waals surface area contributed by atoms with Gasteiger partial charge in [0.25, 0.3) is 0 Å². The second-order valence-electron chi connectivity index (χ2n) is 10.5. The molecule has 1 aliphatic heterocycles. The lowest BCUT2D eigenvalue weighted by atomic mass is 9.91. The number of piperidine rings is 1. The summed E-state index contributed by atoms with van der Waals surface area (Å²) >= 11 is 0. The maximum Gasteiger partial charge on any atom is 0.410 e. The topological polar surface area (TPSA) is 115 Å². The van der Waals surface area contributed by atoms with E-state index in [1.54, 1.807) is 4.90 Å². The molecule has 1 amide bonds. The van der Waals surface area contributed by atoms with Crippen molar-refractivity contribution >= 4 is 28.7 Å². The van der Waals surface area contributed by atoms with E-state index in [-0.39, 0.29) is 30.6 Å². The summed E-state index contributed by atoms with van der Waals surface area (Å²) in [5.41, 5.74) is 9.10. The fourth-order valence-electron chi connectivity index (χ4n) is 5.24. The number of benzene rings is 4. The Balaban J connectivity index is 1.18. The van der Waals surface area contributed by atoms with Gasteiger partial charge in [-0.2, -0.15) is 0 Å². The number of carbonyl (C=O) groups excluding carboxylic acids is 2. The van der Waals surface area contributed by atoms with Gasteiger partial charge in [-0.3, -0.25) is 10.2 Å². The van der Waals surface area contributed by atoms with E-state index in [1.165, 1.54) is 7.11 Å². The molecule has 4 aromatic rings. The van der Waals surface area contributed by atoms with Gasteiger partial charge in [0.05, 0.1) is 13.0 Å². The van der Waals surface area contributed by atoms with Crippen molar-refractivity contribution in [1.29, 1.82) is 5.41 Å². The van der Waals surface area contributed by atoms with Gasteiger partial charge in [0.15, 0.2) is 0 Å². The first kappa shape index (κ1) is 28.7. The summed E-state index contributed by atoms with van der Waals surface area (Å²) in [7, 11) is 1.40. The van der Waals surface area contributed by atoms with Crippen LogP contribution in [0, 0.1) is 5.41 Å². The van der Waals surface area contributed by atoms with Crippen LogP contribution in [0.1, 0.15) is 41.0 Å². The number of rotatable bonds is 9. The summed E-state index contributed by atoms with van der Waals surface area (Å²) in [5, 5.41) is 9.72. The van der Waals surface area contributed by atoms with Crippen LogP contribution >= 0.6 is 0 Å². The van der Waals surface area contributed by atoms with E-state index in [0.29, 0.717) is 37.9 Å². The number of ether oxygens (including phenoxy) is 3. The quantitative estimate of drug-likeness (QED) is 0.151. The summed E-state index contributed by atoms with van der Waals surface area (Å²) in [5.74, 6) is -0.0609. The number of hydrogen-bond acceptors (Lipinski definition) is 6. The van der Waals surface area contributed by atoms with Crippen molar-refractivity contribution in [2.75, 3.05) is 20.2 Å². The number of likely N-dealkylation sites (tertiary alicyclic amines) is 1. The number of nitrogens with zero attached hydrogens (tertiary/aromatic N) is 1. The normalized spacial score (nSPS) is 14.3. The summed E-state index contributed by atoms with van der Waals surface area (Å²) in [6.45, 7) is 1.40. The van der Waals surface area contributed by atoms with Gasteiger partial charge in [0, 0.05) is 31.5 Å². The Labute approximate surface area is 245 Å². The molecular weight excluding hydrogens is 530 g/mol. The molecule has 1 aliphatic rings. The molecule has 1 saturated heterocycles. The Hall–Kier alpha value is -4.85. The smallest absolute Gasteiger partial charge is 0.410 e. The highest BCUT2D eigenvalue weighted by molar-refractivity contribution is 5.99. The molecule has 4 aromatic carbocycles. The Morgan fingerprint density at radius 1 is 0.905 bits per heavy atom. The number of methoxy groups -OCH3 is 1. The number of nitrogen functional groups attached to an aromatic ring is 1. The molecule has 0 spiro atoms. The summed E-state index contributed by atoms with van der Waals surface area (Å²) in [6.07, 6.45) is 1.57. The number of hydrogen-bond donors (Lipinski definition) is 2. The molecule has 0 aromatic heterocycles. The fourth-order valence-corrected chi connectivity index (χ4v) is 5.24. The van der Waals surface area contributed by atoms with Crippen LogP contribution in [0.3, 0.4) is 0 Å². The zero-order valence-corrected chi connectivity index (χ0v) is 23.6. The number of esters is 1. The average molecular weight is 566 g/mol. The second kappa shape index (κ2) is 13.2. The van der Waals surface area contributed by atoms with Crippen molar-refractivity contribution in [3.63, 3.8) is 0 Å². The molecule has 5 rings (SSSR count). The molecule has 0 radical (unpaired) electrons. The standard InChI is InChI=1S/C34H35N3O5/c1-40-33(38)31(20-24-7-8-25-9-10-27(32(35)36)21-28(25)19-24)26-11-13-29(14-12-26)42-30-15-17-37(18-16-30)34(39)41-22-23-5-3-2-4-6-23/h2-14,19,21,30-31H,15-18,20,22H2,1H3,(H3,35,36). The number of amidine groups is 1. The van der Waals surface area contributed by atoms with Crippen LogP contribution in [0.4, 0.5) is 4.79 Å². The largest absolute Gasteiger partial charge is 0.490 e. The molecule has 3 N–H and O–H groups in total. The van der Waals surface area contributed by atoms with Crippen molar-refractivity contribution in [1.82, 2.24) is 4.90 Å². The lowest BCUT2D eigenvalue weighted by Gasteiger charge is -2.31. The molecule has 8 nitrogen and oxygen atoms in total. The Morgan fingerprint density at radius 2 is 1.62 bits per heavy atom. The monoisotopic (exact) mass is 565 g/mol. The van der Waals surface area contributed by atoms with E-state index in [9.17, 15) is 9.59 Å². The molecule has 0 bridgehead atoms. The van der Waals surface area contributed by atoms with Crippen molar-refractivity contribution in [3.05, 3.63) is 113 Å². The number of carbonyl (C=O) groups is 2. The van der Waals surface area contributed by atoms with Crippen LogP contribution in [0.5, 0.6) is 5.75 Å². The first-order chi connectivity index (χ1) is 20.4. The minimum Gasteiger partial charge on any atom is -0.490 e. The Bertz CT molecular complexity index is 1550. The van der Waals surface area contributed by atoms with Crippen LogP contribution in [0.25, 0.3) is 10.8 Å². The highest BCUT2D eigenvalue weighted by Crippen LogP contribution is 2.28. The number of nitrogens with two attached hydrogens (primary N) is 1. The highest BCUT2D eigenvalue weighted by atomic mass is 16.6. The van der Waals surface area contributed by atoms with E-state index in [1.807, 2.05) is 91.0 Å². The third-order valence-electron chi connectivity index (χ3n) is 7.63. The summed E-state index contributed by atoms with van der Waals surface area (Å²) in [4.78, 5) is 27.0. The van der Waals surface area contributed by atoms with Gasteiger partial charge in [-0.15, -0.1) is 0 Å². The zero-order chi connectivity index (χ0) is 29.5. The van der Waals surface area contributed by atoms with E-state index >= 15 is 0 Å². The van der Waals surface area contributed by atoms with E-state index in [0.717, 1.165) is 33.2 Å². The van der Waals surface area contributed by atoms with Gasteiger partial charge >= 0.3 is 12.1 Å². The highest BCUT2D eigenvalue weighted by Gasteiger charge is 2.26. The van der Waals surface area contributed by atoms with E-state index in [4.69, 9.17) is 25.4 Å². The molecule has 8 heteroatoms. The third-order valence-corrected chi connectivity index (χ3v) is 7.63. The minimum absolute atomic E-state index is 0.0112.